The predicted octanol–water partition coefficient (Wildman–Crippen LogP) is 2.97. The molecule has 0 aliphatic rings. The Kier molecular flexibility index (Phi) is 5.14. The number of rotatable bonds is 6. The van der Waals surface area contributed by atoms with Gasteiger partial charge in [-0.2, -0.15) is 0 Å². The van der Waals surface area contributed by atoms with Crippen LogP contribution in [0, 0.1) is 0 Å². The van der Waals surface area contributed by atoms with Gasteiger partial charge in [0.05, 0.1) is 19.0 Å². The molecule has 0 bridgehead atoms. The molecule has 0 aliphatic heterocycles. The zero-order valence-corrected chi connectivity index (χ0v) is 14.0. The van der Waals surface area contributed by atoms with Crippen LogP contribution in [0.4, 0.5) is 0 Å². The van der Waals surface area contributed by atoms with Crippen LogP contribution in [0.15, 0.2) is 65.1 Å². The van der Waals surface area contributed by atoms with Gasteiger partial charge in [0, 0.05) is 5.39 Å². The molecule has 1 heterocycles. The number of amides is 2. The molecule has 3 aromatic rings. The normalized spacial score (nSPS) is 11.9. The van der Waals surface area contributed by atoms with Crippen molar-refractivity contribution >= 4 is 22.8 Å². The van der Waals surface area contributed by atoms with E-state index in [0.29, 0.717) is 5.76 Å². The Balaban J connectivity index is 1.49. The van der Waals surface area contributed by atoms with Gasteiger partial charge >= 0.3 is 0 Å². The number of hydrogen-bond donors (Lipinski definition) is 2. The average Bonchev–Trinajstić information content (AvgIpc) is 3.05. The van der Waals surface area contributed by atoms with E-state index in [0.717, 1.165) is 16.5 Å². The fourth-order valence-electron chi connectivity index (χ4n) is 2.60. The smallest absolute Gasteiger partial charge is 0.239 e. The van der Waals surface area contributed by atoms with E-state index in [1.165, 1.54) is 0 Å². The maximum absolute atomic E-state index is 12.0. The minimum Gasteiger partial charge on any atom is -0.459 e. The standard InChI is InChI=1S/C20H20N2O3/c1-14(18-12-16-9-5-6-10-17(16)25-18)22-20(24)13-21-19(23)11-15-7-3-2-4-8-15/h2-10,12,14H,11,13H2,1H3,(H,21,23)(H,22,24). The summed E-state index contributed by atoms with van der Waals surface area (Å²) in [5.41, 5.74) is 1.70. The molecule has 1 unspecified atom stereocenters. The second-order valence-corrected chi connectivity index (χ2v) is 5.91. The number of hydrogen-bond acceptors (Lipinski definition) is 3. The summed E-state index contributed by atoms with van der Waals surface area (Å²) in [5, 5.41) is 6.46. The molecule has 0 aliphatic carbocycles. The summed E-state index contributed by atoms with van der Waals surface area (Å²) >= 11 is 0. The summed E-state index contributed by atoms with van der Waals surface area (Å²) < 4.78 is 5.73. The Morgan fingerprint density at radius 1 is 1.00 bits per heavy atom. The van der Waals surface area contributed by atoms with Gasteiger partial charge < -0.3 is 15.1 Å². The highest BCUT2D eigenvalue weighted by molar-refractivity contribution is 5.86. The molecule has 128 valence electrons. The van der Waals surface area contributed by atoms with E-state index in [-0.39, 0.29) is 30.8 Å². The van der Waals surface area contributed by atoms with Crippen LogP contribution in [0.2, 0.25) is 0 Å². The van der Waals surface area contributed by atoms with Crippen molar-refractivity contribution < 1.29 is 14.0 Å². The molecule has 0 radical (unpaired) electrons. The summed E-state index contributed by atoms with van der Waals surface area (Å²) in [6.45, 7) is 1.79. The topological polar surface area (TPSA) is 71.3 Å². The molecule has 2 aromatic carbocycles. The molecule has 25 heavy (non-hydrogen) atoms. The summed E-state index contributed by atoms with van der Waals surface area (Å²) in [5.74, 6) is 0.247. The Bertz CT molecular complexity index is 838. The van der Waals surface area contributed by atoms with Crippen molar-refractivity contribution in [2.24, 2.45) is 0 Å². The van der Waals surface area contributed by atoms with Crippen molar-refractivity contribution in [2.45, 2.75) is 19.4 Å². The van der Waals surface area contributed by atoms with Gasteiger partial charge in [0.15, 0.2) is 0 Å². The van der Waals surface area contributed by atoms with E-state index >= 15 is 0 Å². The number of furan rings is 1. The van der Waals surface area contributed by atoms with E-state index in [1.807, 2.05) is 67.6 Å². The fourth-order valence-corrected chi connectivity index (χ4v) is 2.60. The highest BCUT2D eigenvalue weighted by Gasteiger charge is 2.14. The molecule has 2 amide bonds. The monoisotopic (exact) mass is 336 g/mol. The maximum Gasteiger partial charge on any atom is 0.239 e. The second-order valence-electron chi connectivity index (χ2n) is 5.91. The fraction of sp³-hybridized carbons (Fsp3) is 0.200. The minimum absolute atomic E-state index is 0.0593. The van der Waals surface area contributed by atoms with Gasteiger partial charge in [-0.25, -0.2) is 0 Å². The van der Waals surface area contributed by atoms with Crippen LogP contribution < -0.4 is 10.6 Å². The van der Waals surface area contributed by atoms with Crippen LogP contribution in [-0.4, -0.2) is 18.4 Å². The van der Waals surface area contributed by atoms with Crippen LogP contribution in [0.1, 0.15) is 24.3 Å². The third-order valence-corrected chi connectivity index (χ3v) is 3.90. The van der Waals surface area contributed by atoms with E-state index in [2.05, 4.69) is 10.6 Å². The molecule has 2 N–H and O–H groups in total. The number of benzene rings is 2. The molecular formula is C20H20N2O3. The molecule has 0 saturated carbocycles. The largest absolute Gasteiger partial charge is 0.459 e. The van der Waals surface area contributed by atoms with Gasteiger partial charge in [-0.15, -0.1) is 0 Å². The number of carbonyl (C=O) groups excluding carboxylic acids is 2. The molecule has 0 spiro atoms. The van der Waals surface area contributed by atoms with Crippen LogP contribution >= 0.6 is 0 Å². The van der Waals surface area contributed by atoms with Crippen molar-refractivity contribution in [3.05, 3.63) is 72.0 Å². The molecule has 5 heteroatoms. The lowest BCUT2D eigenvalue weighted by molar-refractivity contribution is -0.126. The Labute approximate surface area is 146 Å². The van der Waals surface area contributed by atoms with E-state index in [9.17, 15) is 9.59 Å². The van der Waals surface area contributed by atoms with Gasteiger partial charge in [-0.05, 0) is 24.6 Å². The van der Waals surface area contributed by atoms with Gasteiger partial charge in [-0.3, -0.25) is 9.59 Å². The quantitative estimate of drug-likeness (QED) is 0.727. The third kappa shape index (κ3) is 4.47. The first-order valence-corrected chi connectivity index (χ1v) is 8.20. The van der Waals surface area contributed by atoms with Crippen LogP contribution in [-0.2, 0) is 16.0 Å². The molecule has 0 saturated heterocycles. The summed E-state index contributed by atoms with van der Waals surface area (Å²) in [6, 6.07) is 18.7. The van der Waals surface area contributed by atoms with Gasteiger partial charge in [0.1, 0.15) is 11.3 Å². The van der Waals surface area contributed by atoms with E-state index in [1.54, 1.807) is 0 Å². The van der Waals surface area contributed by atoms with Gasteiger partial charge in [0.2, 0.25) is 11.8 Å². The second kappa shape index (κ2) is 7.66. The molecule has 3 rings (SSSR count). The van der Waals surface area contributed by atoms with Crippen molar-refractivity contribution in [1.29, 1.82) is 0 Å². The minimum atomic E-state index is -0.272. The lowest BCUT2D eigenvalue weighted by Gasteiger charge is -2.12. The molecule has 1 atom stereocenters. The number of nitrogens with one attached hydrogen (secondary N) is 2. The molecule has 1 aromatic heterocycles. The van der Waals surface area contributed by atoms with Crippen molar-refractivity contribution in [1.82, 2.24) is 10.6 Å². The highest BCUT2D eigenvalue weighted by Crippen LogP contribution is 2.23. The van der Waals surface area contributed by atoms with Crippen molar-refractivity contribution in [3.63, 3.8) is 0 Å². The first kappa shape index (κ1) is 16.8. The summed E-state index contributed by atoms with van der Waals surface area (Å²) in [4.78, 5) is 23.9. The summed E-state index contributed by atoms with van der Waals surface area (Å²) in [7, 11) is 0. The number of fused-ring (bicyclic) bond motifs is 1. The Morgan fingerprint density at radius 2 is 1.72 bits per heavy atom. The molecular weight excluding hydrogens is 316 g/mol. The highest BCUT2D eigenvalue weighted by atomic mass is 16.3. The third-order valence-electron chi connectivity index (χ3n) is 3.90. The van der Waals surface area contributed by atoms with Crippen LogP contribution in [0.25, 0.3) is 11.0 Å². The van der Waals surface area contributed by atoms with E-state index < -0.39 is 0 Å². The average molecular weight is 336 g/mol. The molecule has 0 fully saturated rings. The van der Waals surface area contributed by atoms with E-state index in [4.69, 9.17) is 4.42 Å². The summed E-state index contributed by atoms with van der Waals surface area (Å²) in [6.07, 6.45) is 0.257. The number of carbonyl (C=O) groups is 2. The van der Waals surface area contributed by atoms with Gasteiger partial charge in [0.25, 0.3) is 0 Å². The SMILES string of the molecule is CC(NC(=O)CNC(=O)Cc1ccccc1)c1cc2ccccc2o1. The Morgan fingerprint density at radius 3 is 2.48 bits per heavy atom. The van der Waals surface area contributed by atoms with Crippen molar-refractivity contribution in [3.8, 4) is 0 Å². The van der Waals surface area contributed by atoms with Crippen LogP contribution in [0.5, 0.6) is 0 Å². The zero-order chi connectivity index (χ0) is 17.6. The lowest BCUT2D eigenvalue weighted by Crippen LogP contribution is -2.38. The van der Waals surface area contributed by atoms with Crippen LogP contribution in [0.3, 0.4) is 0 Å². The molecule has 5 nitrogen and oxygen atoms in total. The van der Waals surface area contributed by atoms with Crippen molar-refractivity contribution in [2.75, 3.05) is 6.54 Å². The number of para-hydroxylation sites is 1. The zero-order valence-electron chi connectivity index (χ0n) is 14.0. The first-order valence-electron chi connectivity index (χ1n) is 8.20. The maximum atomic E-state index is 12.0. The predicted molar refractivity (Wildman–Crippen MR) is 95.9 cm³/mol. The first-order chi connectivity index (χ1) is 12.1. The lowest BCUT2D eigenvalue weighted by atomic mass is 10.1. The van der Waals surface area contributed by atoms with Gasteiger partial charge in [-0.1, -0.05) is 48.5 Å². The Hall–Kier alpha value is -3.08.